The molecule has 3 heteroatoms. The predicted molar refractivity (Wildman–Crippen MR) is 71.4 cm³/mol. The Bertz CT molecular complexity index is 427. The smallest absolute Gasteiger partial charge is 0.251 e. The fourth-order valence-electron chi connectivity index (χ4n) is 2.64. The summed E-state index contributed by atoms with van der Waals surface area (Å²) < 4.78 is 0. The molecule has 0 spiro atoms. The average molecular weight is 247 g/mol. The quantitative estimate of drug-likeness (QED) is 0.861. The number of nitrogens with one attached hydrogen (secondary N) is 1. The average Bonchev–Trinajstić information content (AvgIpc) is 2.62. The summed E-state index contributed by atoms with van der Waals surface area (Å²) in [6.07, 6.45) is 2.78. The second kappa shape index (κ2) is 4.73. The number of amides is 1. The lowest BCUT2D eigenvalue weighted by atomic mass is 9.78. The van der Waals surface area contributed by atoms with Crippen molar-refractivity contribution in [2.75, 3.05) is 6.54 Å². The van der Waals surface area contributed by atoms with Gasteiger partial charge in [-0.15, -0.1) is 0 Å². The van der Waals surface area contributed by atoms with E-state index in [9.17, 15) is 9.90 Å². The van der Waals surface area contributed by atoms with Crippen molar-refractivity contribution in [2.24, 2.45) is 5.41 Å². The van der Waals surface area contributed by atoms with Crippen LogP contribution in [0.4, 0.5) is 0 Å². The lowest BCUT2D eigenvalue weighted by Crippen LogP contribution is -2.49. The molecule has 1 fully saturated rings. The van der Waals surface area contributed by atoms with Gasteiger partial charge in [-0.1, -0.05) is 32.0 Å². The van der Waals surface area contributed by atoms with Crippen molar-refractivity contribution < 1.29 is 9.90 Å². The molecule has 1 aliphatic rings. The summed E-state index contributed by atoms with van der Waals surface area (Å²) in [5.41, 5.74) is -0.272. The van der Waals surface area contributed by atoms with Crippen molar-refractivity contribution >= 4 is 5.91 Å². The van der Waals surface area contributed by atoms with Gasteiger partial charge in [0, 0.05) is 12.1 Å². The maximum Gasteiger partial charge on any atom is 0.251 e. The third-order valence-corrected chi connectivity index (χ3v) is 4.23. The van der Waals surface area contributed by atoms with Gasteiger partial charge in [-0.25, -0.2) is 0 Å². The Balaban J connectivity index is 1.98. The molecule has 0 radical (unpaired) electrons. The minimum atomic E-state index is -0.780. The fourth-order valence-corrected chi connectivity index (χ4v) is 2.64. The summed E-state index contributed by atoms with van der Waals surface area (Å²) in [6, 6.07) is 9.11. The Hall–Kier alpha value is -1.35. The largest absolute Gasteiger partial charge is 0.387 e. The van der Waals surface area contributed by atoms with E-state index in [2.05, 4.69) is 19.2 Å². The van der Waals surface area contributed by atoms with Gasteiger partial charge in [-0.2, -0.15) is 0 Å². The van der Waals surface area contributed by atoms with Gasteiger partial charge >= 0.3 is 0 Å². The topological polar surface area (TPSA) is 49.3 Å². The van der Waals surface area contributed by atoms with Crippen molar-refractivity contribution in [3.8, 4) is 0 Å². The molecule has 0 heterocycles. The van der Waals surface area contributed by atoms with Crippen molar-refractivity contribution in [1.29, 1.82) is 0 Å². The van der Waals surface area contributed by atoms with E-state index in [0.717, 1.165) is 19.3 Å². The Morgan fingerprint density at radius 2 is 1.94 bits per heavy atom. The minimum Gasteiger partial charge on any atom is -0.387 e. The molecule has 2 rings (SSSR count). The van der Waals surface area contributed by atoms with Crippen LogP contribution in [0.1, 0.15) is 43.5 Å². The first-order valence-corrected chi connectivity index (χ1v) is 6.50. The molecule has 1 aromatic carbocycles. The highest BCUT2D eigenvalue weighted by molar-refractivity contribution is 5.94. The van der Waals surface area contributed by atoms with E-state index in [1.807, 2.05) is 18.2 Å². The van der Waals surface area contributed by atoms with Crippen molar-refractivity contribution in [2.45, 2.75) is 38.7 Å². The summed E-state index contributed by atoms with van der Waals surface area (Å²) in [7, 11) is 0. The predicted octanol–water partition coefficient (Wildman–Crippen LogP) is 2.36. The van der Waals surface area contributed by atoms with Crippen LogP contribution < -0.4 is 5.32 Å². The van der Waals surface area contributed by atoms with Crippen molar-refractivity contribution in [3.63, 3.8) is 0 Å². The van der Waals surface area contributed by atoms with E-state index >= 15 is 0 Å². The summed E-state index contributed by atoms with van der Waals surface area (Å²) in [5, 5.41) is 13.4. The molecule has 98 valence electrons. The zero-order valence-corrected chi connectivity index (χ0v) is 11.1. The van der Waals surface area contributed by atoms with E-state index in [1.165, 1.54) is 0 Å². The van der Waals surface area contributed by atoms with Crippen LogP contribution in [-0.2, 0) is 0 Å². The highest BCUT2D eigenvalue weighted by Gasteiger charge is 2.47. The molecule has 1 atom stereocenters. The van der Waals surface area contributed by atoms with Crippen LogP contribution in [0.2, 0.25) is 0 Å². The summed E-state index contributed by atoms with van der Waals surface area (Å²) in [4.78, 5) is 11.9. The molecular weight excluding hydrogens is 226 g/mol. The van der Waals surface area contributed by atoms with Gasteiger partial charge < -0.3 is 10.4 Å². The fraction of sp³-hybridized carbons (Fsp3) is 0.533. The monoisotopic (exact) mass is 247 g/mol. The van der Waals surface area contributed by atoms with Gasteiger partial charge in [-0.05, 0) is 36.8 Å². The number of rotatable bonds is 3. The maximum absolute atomic E-state index is 11.9. The first-order chi connectivity index (χ1) is 8.45. The molecule has 0 aliphatic heterocycles. The van der Waals surface area contributed by atoms with Gasteiger partial charge in [0.25, 0.3) is 5.91 Å². The van der Waals surface area contributed by atoms with Gasteiger partial charge in [0.1, 0.15) is 0 Å². The first kappa shape index (κ1) is 13.1. The molecule has 18 heavy (non-hydrogen) atoms. The minimum absolute atomic E-state index is 0.119. The van der Waals surface area contributed by atoms with E-state index in [4.69, 9.17) is 0 Å². The van der Waals surface area contributed by atoms with Crippen LogP contribution in [0.25, 0.3) is 0 Å². The molecule has 3 nitrogen and oxygen atoms in total. The molecule has 1 aliphatic carbocycles. The number of hydrogen-bond donors (Lipinski definition) is 2. The molecule has 1 amide bonds. The van der Waals surface area contributed by atoms with Crippen LogP contribution >= 0.6 is 0 Å². The number of carbonyl (C=O) groups excluding carboxylic acids is 1. The second-order valence-electron chi connectivity index (χ2n) is 5.82. The van der Waals surface area contributed by atoms with Crippen molar-refractivity contribution in [1.82, 2.24) is 5.32 Å². The van der Waals surface area contributed by atoms with Crippen LogP contribution in [-0.4, -0.2) is 23.2 Å². The van der Waals surface area contributed by atoms with Crippen molar-refractivity contribution in [3.05, 3.63) is 35.9 Å². The van der Waals surface area contributed by atoms with E-state index < -0.39 is 5.60 Å². The van der Waals surface area contributed by atoms with Gasteiger partial charge in [0.05, 0.1) is 5.60 Å². The summed E-state index contributed by atoms with van der Waals surface area (Å²) in [6.45, 7) is 4.46. The Labute approximate surface area is 108 Å². The zero-order valence-electron chi connectivity index (χ0n) is 11.1. The lowest BCUT2D eigenvalue weighted by molar-refractivity contribution is -0.0394. The van der Waals surface area contributed by atoms with Crippen LogP contribution in [0.15, 0.2) is 30.3 Å². The Kier molecular flexibility index (Phi) is 3.44. The van der Waals surface area contributed by atoms with E-state index in [1.54, 1.807) is 12.1 Å². The molecule has 0 aromatic heterocycles. The SMILES string of the molecule is CC1(C)CCCC1(O)CNC(=O)c1ccccc1. The van der Waals surface area contributed by atoms with Gasteiger partial charge in [-0.3, -0.25) is 4.79 Å². The number of aliphatic hydroxyl groups is 1. The lowest BCUT2D eigenvalue weighted by Gasteiger charge is -2.36. The Morgan fingerprint density at radius 1 is 1.28 bits per heavy atom. The van der Waals surface area contributed by atoms with E-state index in [0.29, 0.717) is 12.1 Å². The highest BCUT2D eigenvalue weighted by atomic mass is 16.3. The molecule has 1 saturated carbocycles. The van der Waals surface area contributed by atoms with Crippen LogP contribution in [0.3, 0.4) is 0 Å². The molecular formula is C15H21NO2. The van der Waals surface area contributed by atoms with E-state index in [-0.39, 0.29) is 11.3 Å². The molecule has 2 N–H and O–H groups in total. The van der Waals surface area contributed by atoms with Gasteiger partial charge in [0.2, 0.25) is 0 Å². The van der Waals surface area contributed by atoms with Crippen LogP contribution in [0, 0.1) is 5.41 Å². The molecule has 1 aromatic rings. The highest BCUT2D eigenvalue weighted by Crippen LogP contribution is 2.45. The number of hydrogen-bond acceptors (Lipinski definition) is 2. The first-order valence-electron chi connectivity index (χ1n) is 6.50. The standard InChI is InChI=1S/C15H21NO2/c1-14(2)9-6-10-15(14,18)11-16-13(17)12-7-4-3-5-8-12/h3-5,7-8,18H,6,9-11H2,1-2H3,(H,16,17). The summed E-state index contributed by atoms with van der Waals surface area (Å²) >= 11 is 0. The maximum atomic E-state index is 11.9. The van der Waals surface area contributed by atoms with Gasteiger partial charge in [0.15, 0.2) is 0 Å². The molecule has 0 saturated heterocycles. The number of carbonyl (C=O) groups is 1. The third kappa shape index (κ3) is 2.41. The molecule has 0 bridgehead atoms. The summed E-state index contributed by atoms with van der Waals surface area (Å²) in [5.74, 6) is -0.119. The zero-order chi connectivity index (χ0) is 13.2. The molecule has 1 unspecified atom stereocenters. The normalized spacial score (nSPS) is 25.9. The number of benzene rings is 1. The second-order valence-corrected chi connectivity index (χ2v) is 5.82. The third-order valence-electron chi connectivity index (χ3n) is 4.23. The Morgan fingerprint density at radius 3 is 2.50 bits per heavy atom. The van der Waals surface area contributed by atoms with Crippen LogP contribution in [0.5, 0.6) is 0 Å².